The molecule has 0 aliphatic rings. The molecule has 0 saturated heterocycles. The second-order valence-corrected chi connectivity index (χ2v) is 3.71. The van der Waals surface area contributed by atoms with E-state index in [9.17, 15) is 9.90 Å². The summed E-state index contributed by atoms with van der Waals surface area (Å²) in [7, 11) is 0. The minimum Gasteiger partial charge on any atom is -0.505 e. The number of nitrogens with one attached hydrogen (secondary N) is 1. The summed E-state index contributed by atoms with van der Waals surface area (Å²) in [4.78, 5) is 11.4. The minimum atomic E-state index is -0.282. The maximum atomic E-state index is 11.4. The maximum Gasteiger partial charge on any atom is 0.250 e. The van der Waals surface area contributed by atoms with Crippen LogP contribution in [0.2, 0.25) is 0 Å². The van der Waals surface area contributed by atoms with Gasteiger partial charge in [0.1, 0.15) is 5.75 Å². The second kappa shape index (κ2) is 4.17. The van der Waals surface area contributed by atoms with Crippen LogP contribution in [0.15, 0.2) is 24.3 Å². The zero-order valence-corrected chi connectivity index (χ0v) is 9.22. The van der Waals surface area contributed by atoms with Gasteiger partial charge in [-0.3, -0.25) is 4.79 Å². The molecule has 1 aromatic carbocycles. The van der Waals surface area contributed by atoms with Gasteiger partial charge >= 0.3 is 0 Å². The Morgan fingerprint density at radius 3 is 2.53 bits per heavy atom. The summed E-state index contributed by atoms with van der Waals surface area (Å²) >= 11 is 0. The number of amides is 1. The standard InChI is InChI=1S/C12H15NO2/c1-7(2)12(15)13-10-6-8(3)5-9(4)11(10)14/h5-6,14H,1H2,2-4H3,(H,13,15). The fraction of sp³-hybridized carbons (Fsp3) is 0.250. The van der Waals surface area contributed by atoms with Gasteiger partial charge in [0.15, 0.2) is 0 Å². The Hall–Kier alpha value is -1.77. The number of rotatable bonds is 2. The first-order valence-electron chi connectivity index (χ1n) is 4.69. The van der Waals surface area contributed by atoms with Gasteiger partial charge < -0.3 is 10.4 Å². The van der Waals surface area contributed by atoms with Gasteiger partial charge in [0.25, 0.3) is 5.91 Å². The number of carbonyl (C=O) groups excluding carboxylic acids is 1. The van der Waals surface area contributed by atoms with Crippen LogP contribution in [0.25, 0.3) is 0 Å². The lowest BCUT2D eigenvalue weighted by atomic mass is 10.1. The average Bonchev–Trinajstić information content (AvgIpc) is 2.13. The van der Waals surface area contributed by atoms with Crippen LogP contribution in [0.5, 0.6) is 5.75 Å². The van der Waals surface area contributed by atoms with E-state index in [1.165, 1.54) is 0 Å². The van der Waals surface area contributed by atoms with Crippen molar-refractivity contribution in [3.63, 3.8) is 0 Å². The smallest absolute Gasteiger partial charge is 0.250 e. The van der Waals surface area contributed by atoms with E-state index in [0.29, 0.717) is 11.3 Å². The van der Waals surface area contributed by atoms with Crippen molar-refractivity contribution in [3.05, 3.63) is 35.4 Å². The molecule has 0 fully saturated rings. The van der Waals surface area contributed by atoms with Crippen LogP contribution < -0.4 is 5.32 Å². The van der Waals surface area contributed by atoms with E-state index in [0.717, 1.165) is 11.1 Å². The highest BCUT2D eigenvalue weighted by Gasteiger charge is 2.09. The number of carbonyl (C=O) groups is 1. The molecule has 0 unspecified atom stereocenters. The summed E-state index contributed by atoms with van der Waals surface area (Å²) in [6, 6.07) is 3.58. The number of hydrogen-bond acceptors (Lipinski definition) is 2. The summed E-state index contributed by atoms with van der Waals surface area (Å²) < 4.78 is 0. The number of aryl methyl sites for hydroxylation is 2. The van der Waals surface area contributed by atoms with Gasteiger partial charge in [0.2, 0.25) is 0 Å². The summed E-state index contributed by atoms with van der Waals surface area (Å²) in [5.74, 6) is -0.175. The molecule has 80 valence electrons. The zero-order chi connectivity index (χ0) is 11.6. The summed E-state index contributed by atoms with van der Waals surface area (Å²) in [6.45, 7) is 8.85. The Bertz CT molecular complexity index is 422. The van der Waals surface area contributed by atoms with Crippen LogP contribution >= 0.6 is 0 Å². The van der Waals surface area contributed by atoms with Gasteiger partial charge in [0, 0.05) is 5.57 Å². The first-order valence-corrected chi connectivity index (χ1v) is 4.69. The molecule has 1 aromatic rings. The van der Waals surface area contributed by atoms with Crippen molar-refractivity contribution >= 4 is 11.6 Å². The van der Waals surface area contributed by atoms with E-state index < -0.39 is 0 Å². The number of aromatic hydroxyl groups is 1. The first kappa shape index (κ1) is 11.3. The highest BCUT2D eigenvalue weighted by atomic mass is 16.3. The molecule has 2 N–H and O–H groups in total. The highest BCUT2D eigenvalue weighted by Crippen LogP contribution is 2.28. The summed E-state index contributed by atoms with van der Waals surface area (Å²) in [5.41, 5.74) is 2.57. The normalized spacial score (nSPS) is 9.80. The molecule has 0 radical (unpaired) electrons. The Balaban J connectivity index is 3.05. The fourth-order valence-electron chi connectivity index (χ4n) is 1.28. The van der Waals surface area contributed by atoms with E-state index in [2.05, 4.69) is 11.9 Å². The molecule has 0 aromatic heterocycles. The van der Waals surface area contributed by atoms with Gasteiger partial charge in [-0.15, -0.1) is 0 Å². The van der Waals surface area contributed by atoms with Crippen molar-refractivity contribution < 1.29 is 9.90 Å². The summed E-state index contributed by atoms with van der Waals surface area (Å²) in [6.07, 6.45) is 0. The molecule has 0 spiro atoms. The van der Waals surface area contributed by atoms with E-state index in [-0.39, 0.29) is 11.7 Å². The van der Waals surface area contributed by atoms with Crippen LogP contribution in [0.1, 0.15) is 18.1 Å². The number of phenols is 1. The van der Waals surface area contributed by atoms with Crippen molar-refractivity contribution in [2.75, 3.05) is 5.32 Å². The van der Waals surface area contributed by atoms with Crippen molar-refractivity contribution in [3.8, 4) is 5.75 Å². The zero-order valence-electron chi connectivity index (χ0n) is 9.22. The molecule has 1 amide bonds. The molecule has 3 heteroatoms. The molecular weight excluding hydrogens is 190 g/mol. The van der Waals surface area contributed by atoms with Crippen LogP contribution in [-0.4, -0.2) is 11.0 Å². The molecule has 0 atom stereocenters. The minimum absolute atomic E-state index is 0.107. The molecule has 0 bridgehead atoms. The summed E-state index contributed by atoms with van der Waals surface area (Å²) in [5, 5.41) is 12.3. The SMILES string of the molecule is C=C(C)C(=O)Nc1cc(C)cc(C)c1O. The Kier molecular flexibility index (Phi) is 3.14. The third-order valence-corrected chi connectivity index (χ3v) is 2.08. The lowest BCUT2D eigenvalue weighted by Crippen LogP contribution is -2.12. The van der Waals surface area contributed by atoms with Gasteiger partial charge in [-0.05, 0) is 38.0 Å². The van der Waals surface area contributed by atoms with Gasteiger partial charge in [0.05, 0.1) is 5.69 Å². The second-order valence-electron chi connectivity index (χ2n) is 3.71. The third-order valence-electron chi connectivity index (χ3n) is 2.08. The lowest BCUT2D eigenvalue weighted by molar-refractivity contribution is -0.112. The maximum absolute atomic E-state index is 11.4. The monoisotopic (exact) mass is 205 g/mol. The van der Waals surface area contributed by atoms with E-state index in [4.69, 9.17) is 0 Å². The molecule has 0 heterocycles. The number of benzene rings is 1. The quantitative estimate of drug-likeness (QED) is 0.575. The van der Waals surface area contributed by atoms with Crippen molar-refractivity contribution in [1.29, 1.82) is 0 Å². The Morgan fingerprint density at radius 1 is 1.40 bits per heavy atom. The van der Waals surface area contributed by atoms with Crippen molar-refractivity contribution in [2.24, 2.45) is 0 Å². The fourth-order valence-corrected chi connectivity index (χ4v) is 1.28. The first-order chi connectivity index (χ1) is 6.91. The molecule has 1 rings (SSSR count). The van der Waals surface area contributed by atoms with E-state index in [1.54, 1.807) is 19.9 Å². The van der Waals surface area contributed by atoms with Crippen LogP contribution in [0, 0.1) is 13.8 Å². The van der Waals surface area contributed by atoms with Crippen molar-refractivity contribution in [2.45, 2.75) is 20.8 Å². The molecule has 0 saturated carbocycles. The van der Waals surface area contributed by atoms with E-state index >= 15 is 0 Å². The predicted octanol–water partition coefficient (Wildman–Crippen LogP) is 2.52. The number of hydrogen-bond donors (Lipinski definition) is 2. The van der Waals surface area contributed by atoms with Gasteiger partial charge in [-0.1, -0.05) is 12.6 Å². The van der Waals surface area contributed by atoms with E-state index in [1.807, 2.05) is 13.0 Å². The van der Waals surface area contributed by atoms with Crippen LogP contribution in [0.4, 0.5) is 5.69 Å². The lowest BCUT2D eigenvalue weighted by Gasteiger charge is -2.10. The molecule has 3 nitrogen and oxygen atoms in total. The van der Waals surface area contributed by atoms with Gasteiger partial charge in [-0.25, -0.2) is 0 Å². The molecule has 0 aliphatic carbocycles. The molecule has 15 heavy (non-hydrogen) atoms. The molecular formula is C12H15NO2. The average molecular weight is 205 g/mol. The molecule has 0 aliphatic heterocycles. The van der Waals surface area contributed by atoms with Crippen LogP contribution in [-0.2, 0) is 4.79 Å². The highest BCUT2D eigenvalue weighted by molar-refractivity contribution is 6.03. The Morgan fingerprint density at radius 2 is 2.00 bits per heavy atom. The number of phenolic OH excluding ortho intramolecular Hbond substituents is 1. The van der Waals surface area contributed by atoms with Crippen molar-refractivity contribution in [1.82, 2.24) is 0 Å². The van der Waals surface area contributed by atoms with Gasteiger partial charge in [-0.2, -0.15) is 0 Å². The predicted molar refractivity (Wildman–Crippen MR) is 61.0 cm³/mol. The largest absolute Gasteiger partial charge is 0.505 e. The Labute approximate surface area is 89.4 Å². The van der Waals surface area contributed by atoms with Crippen LogP contribution in [0.3, 0.4) is 0 Å². The number of anilines is 1. The third kappa shape index (κ3) is 2.59. The topological polar surface area (TPSA) is 49.3 Å².